The van der Waals surface area contributed by atoms with Gasteiger partial charge in [0.15, 0.2) is 5.82 Å². The third-order valence-corrected chi connectivity index (χ3v) is 7.38. The SMILES string of the molecule is C#Cc1c(F)ccc2cc(O)cc(-c3nc(OC(F)F)c(C(=N)C4C5CNCC54)c(NC4CC4)c3F)c12. The van der Waals surface area contributed by atoms with Gasteiger partial charge in [0.1, 0.15) is 17.3 Å². The van der Waals surface area contributed by atoms with E-state index in [9.17, 15) is 18.3 Å². The standard InChI is InChI=1S/C27H22F4N4O2/c1-2-14-18(28)6-3-11-7-13(36)8-15(19(11)14)24-22(29)25(34-12-4-5-12)21(26(35-24)37-27(30)31)23(32)20-16-9-33-10-17(16)20/h1,3,6-8,12,16-17,20,27,32-33,36H,4-5,9-10H2,(H,34,35). The Bertz CT molecular complexity index is 1490. The Kier molecular flexibility index (Phi) is 5.49. The van der Waals surface area contributed by atoms with Gasteiger partial charge in [-0.05, 0) is 61.4 Å². The molecule has 3 aliphatic rings. The topological polar surface area (TPSA) is 90.3 Å². The van der Waals surface area contributed by atoms with Gasteiger partial charge in [-0.1, -0.05) is 12.0 Å². The average Bonchev–Trinajstić information content (AvgIpc) is 3.76. The maximum absolute atomic E-state index is 16.4. The Morgan fingerprint density at radius 2 is 1.95 bits per heavy atom. The molecule has 0 bridgehead atoms. The Morgan fingerprint density at radius 1 is 1.22 bits per heavy atom. The number of alkyl halides is 2. The van der Waals surface area contributed by atoms with Crippen LogP contribution in [0.15, 0.2) is 24.3 Å². The highest BCUT2D eigenvalue weighted by Crippen LogP contribution is 2.52. The fourth-order valence-electron chi connectivity index (χ4n) is 5.47. The molecule has 37 heavy (non-hydrogen) atoms. The minimum absolute atomic E-state index is 0.00984. The van der Waals surface area contributed by atoms with Crippen LogP contribution in [0.2, 0.25) is 0 Å². The fourth-order valence-corrected chi connectivity index (χ4v) is 5.47. The number of aromatic nitrogens is 1. The van der Waals surface area contributed by atoms with E-state index >= 15 is 4.39 Å². The van der Waals surface area contributed by atoms with Crippen molar-refractivity contribution in [2.24, 2.45) is 17.8 Å². The van der Waals surface area contributed by atoms with E-state index < -0.39 is 29.8 Å². The lowest BCUT2D eigenvalue weighted by molar-refractivity contribution is -0.0529. The number of nitrogens with one attached hydrogen (secondary N) is 3. The Hall–Kier alpha value is -3.84. The lowest BCUT2D eigenvalue weighted by atomic mass is 9.94. The van der Waals surface area contributed by atoms with E-state index in [1.807, 2.05) is 0 Å². The number of benzene rings is 2. The van der Waals surface area contributed by atoms with Gasteiger partial charge >= 0.3 is 6.61 Å². The third-order valence-electron chi connectivity index (χ3n) is 7.38. The van der Waals surface area contributed by atoms with Crippen LogP contribution in [0, 0.1) is 47.1 Å². The van der Waals surface area contributed by atoms with E-state index in [2.05, 4.69) is 21.5 Å². The van der Waals surface area contributed by atoms with Gasteiger partial charge in [-0.15, -0.1) is 6.42 Å². The van der Waals surface area contributed by atoms with Crippen molar-refractivity contribution in [2.75, 3.05) is 18.4 Å². The Morgan fingerprint density at radius 3 is 2.59 bits per heavy atom. The molecule has 2 unspecified atom stereocenters. The van der Waals surface area contributed by atoms with Gasteiger partial charge < -0.3 is 25.9 Å². The first-order chi connectivity index (χ1) is 17.8. The number of nitrogens with zero attached hydrogens (tertiary/aromatic N) is 1. The number of rotatable bonds is 7. The van der Waals surface area contributed by atoms with Crippen LogP contribution in [0.3, 0.4) is 0 Å². The Labute approximate surface area is 209 Å². The lowest BCUT2D eigenvalue weighted by Gasteiger charge is -2.21. The average molecular weight is 510 g/mol. The number of piperidine rings is 1. The summed E-state index contributed by atoms with van der Waals surface area (Å²) in [4.78, 5) is 4.12. The molecule has 2 atom stereocenters. The van der Waals surface area contributed by atoms with Gasteiger partial charge in [0, 0.05) is 28.6 Å². The van der Waals surface area contributed by atoms with Crippen molar-refractivity contribution in [1.29, 1.82) is 5.41 Å². The molecule has 6 nitrogen and oxygen atoms in total. The number of terminal acetylenes is 1. The molecule has 6 rings (SSSR count). The second-order valence-corrected chi connectivity index (χ2v) is 9.71. The van der Waals surface area contributed by atoms with Crippen molar-refractivity contribution in [3.63, 3.8) is 0 Å². The normalized spacial score (nSPS) is 22.1. The molecule has 0 amide bonds. The van der Waals surface area contributed by atoms with Gasteiger partial charge in [0.05, 0.1) is 16.8 Å². The van der Waals surface area contributed by atoms with Crippen LogP contribution in [0.5, 0.6) is 11.6 Å². The zero-order valence-electron chi connectivity index (χ0n) is 19.4. The van der Waals surface area contributed by atoms with Crippen LogP contribution in [-0.4, -0.2) is 41.5 Å². The van der Waals surface area contributed by atoms with Crippen LogP contribution >= 0.6 is 0 Å². The van der Waals surface area contributed by atoms with Crippen molar-refractivity contribution in [3.8, 4) is 35.2 Å². The van der Waals surface area contributed by atoms with Crippen LogP contribution < -0.4 is 15.4 Å². The molecule has 3 aromatic rings. The molecule has 1 aromatic heterocycles. The summed E-state index contributed by atoms with van der Waals surface area (Å²) < 4.78 is 62.9. The van der Waals surface area contributed by atoms with E-state index in [1.165, 1.54) is 12.1 Å². The van der Waals surface area contributed by atoms with E-state index in [-0.39, 0.29) is 63.0 Å². The first-order valence-corrected chi connectivity index (χ1v) is 11.9. The van der Waals surface area contributed by atoms with E-state index in [0.29, 0.717) is 18.5 Å². The van der Waals surface area contributed by atoms with Gasteiger partial charge in [0.25, 0.3) is 0 Å². The summed E-state index contributed by atoms with van der Waals surface area (Å²) in [5.41, 5.74) is -1.03. The third kappa shape index (κ3) is 3.94. The number of halogens is 4. The van der Waals surface area contributed by atoms with Crippen molar-refractivity contribution in [2.45, 2.75) is 25.5 Å². The van der Waals surface area contributed by atoms with E-state index in [0.717, 1.165) is 25.0 Å². The smallest absolute Gasteiger partial charge is 0.388 e. The highest BCUT2D eigenvalue weighted by Gasteiger charge is 2.56. The maximum Gasteiger partial charge on any atom is 0.388 e. The number of fused-ring (bicyclic) bond motifs is 2. The summed E-state index contributed by atoms with van der Waals surface area (Å²) in [6.45, 7) is -1.90. The number of hydrogen-bond donors (Lipinski definition) is 4. The second-order valence-electron chi connectivity index (χ2n) is 9.71. The lowest BCUT2D eigenvalue weighted by Crippen LogP contribution is -2.22. The van der Waals surface area contributed by atoms with E-state index in [4.69, 9.17) is 16.6 Å². The molecular formula is C27H22F4N4O2. The molecule has 2 aromatic carbocycles. The number of anilines is 1. The van der Waals surface area contributed by atoms with Crippen LogP contribution in [0.1, 0.15) is 24.0 Å². The summed E-state index contributed by atoms with van der Waals surface area (Å²) in [5, 5.41) is 25.9. The number of aromatic hydroxyl groups is 1. The molecule has 2 aliphatic carbocycles. The summed E-state index contributed by atoms with van der Waals surface area (Å²) in [6, 6.07) is 4.89. The zero-order chi connectivity index (χ0) is 26.0. The van der Waals surface area contributed by atoms with Crippen LogP contribution in [-0.2, 0) is 0 Å². The molecule has 3 fully saturated rings. The quantitative estimate of drug-likeness (QED) is 0.207. The molecular weight excluding hydrogens is 488 g/mol. The zero-order valence-corrected chi connectivity index (χ0v) is 19.4. The van der Waals surface area contributed by atoms with Crippen LogP contribution in [0.4, 0.5) is 23.2 Å². The van der Waals surface area contributed by atoms with Crippen molar-refractivity contribution in [1.82, 2.24) is 10.3 Å². The predicted molar refractivity (Wildman–Crippen MR) is 130 cm³/mol. The highest BCUT2D eigenvalue weighted by molar-refractivity contribution is 6.10. The number of phenolic OH excluding ortho intramolecular Hbond substituents is 1. The van der Waals surface area contributed by atoms with Crippen molar-refractivity contribution < 1.29 is 27.4 Å². The summed E-state index contributed by atoms with van der Waals surface area (Å²) in [7, 11) is 0. The minimum Gasteiger partial charge on any atom is -0.508 e. The molecule has 4 N–H and O–H groups in total. The molecule has 190 valence electrons. The van der Waals surface area contributed by atoms with Gasteiger partial charge in [-0.25, -0.2) is 13.8 Å². The first-order valence-electron chi connectivity index (χ1n) is 11.9. The fraction of sp³-hybridized carbons (Fsp3) is 0.333. The number of ether oxygens (including phenoxy) is 1. The largest absolute Gasteiger partial charge is 0.508 e. The molecule has 2 heterocycles. The monoisotopic (exact) mass is 510 g/mol. The van der Waals surface area contributed by atoms with Crippen molar-refractivity contribution >= 4 is 22.2 Å². The molecule has 1 aliphatic heterocycles. The second kappa shape index (κ2) is 8.63. The van der Waals surface area contributed by atoms with Gasteiger partial charge in [-0.2, -0.15) is 8.78 Å². The number of hydrogen-bond acceptors (Lipinski definition) is 6. The molecule has 0 spiro atoms. The highest BCUT2D eigenvalue weighted by atomic mass is 19.3. The molecule has 1 saturated heterocycles. The van der Waals surface area contributed by atoms with Gasteiger partial charge in [0.2, 0.25) is 5.88 Å². The van der Waals surface area contributed by atoms with E-state index in [1.54, 1.807) is 0 Å². The summed E-state index contributed by atoms with van der Waals surface area (Å²) in [6.07, 6.45) is 7.04. The molecule has 0 radical (unpaired) electrons. The molecule has 10 heteroatoms. The minimum atomic E-state index is -3.29. The molecule has 2 saturated carbocycles. The first kappa shape index (κ1) is 23.6. The number of phenols is 1. The van der Waals surface area contributed by atoms with Gasteiger partial charge in [-0.3, -0.25) is 0 Å². The Balaban J connectivity index is 1.61. The predicted octanol–water partition coefficient (Wildman–Crippen LogP) is 4.88. The summed E-state index contributed by atoms with van der Waals surface area (Å²) >= 11 is 0. The number of pyridine rings is 1. The maximum atomic E-state index is 16.4. The van der Waals surface area contributed by atoms with Crippen LogP contribution in [0.25, 0.3) is 22.0 Å². The van der Waals surface area contributed by atoms with Crippen molar-refractivity contribution in [3.05, 3.63) is 47.0 Å². The summed E-state index contributed by atoms with van der Waals surface area (Å²) in [5.74, 6) is -0.181.